The maximum absolute atomic E-state index is 13.6. The molecular formula is C49H36N2O13. The number of esters is 2. The molecule has 15 heteroatoms. The van der Waals surface area contributed by atoms with Gasteiger partial charge in [-0.3, -0.25) is 14.4 Å². The summed E-state index contributed by atoms with van der Waals surface area (Å²) in [7, 11) is 0. The van der Waals surface area contributed by atoms with E-state index in [1.165, 1.54) is 73.7 Å². The Labute approximate surface area is 363 Å². The van der Waals surface area contributed by atoms with Crippen molar-refractivity contribution in [2.24, 2.45) is 0 Å². The van der Waals surface area contributed by atoms with Crippen LogP contribution < -0.4 is 20.1 Å². The first-order chi connectivity index (χ1) is 30.8. The average molecular weight is 861 g/mol. The number of hydrogen-bond acceptors (Lipinski definition) is 13. The van der Waals surface area contributed by atoms with E-state index in [0.717, 1.165) is 0 Å². The lowest BCUT2D eigenvalue weighted by Crippen LogP contribution is -2.40. The van der Waals surface area contributed by atoms with E-state index in [4.69, 9.17) is 18.9 Å². The zero-order valence-electron chi connectivity index (χ0n) is 33.8. The largest absolute Gasteiger partial charge is 0.508 e. The van der Waals surface area contributed by atoms with Gasteiger partial charge in [0.05, 0.1) is 17.2 Å². The molecule has 4 heterocycles. The number of carbonyl (C=O) groups is 5. The van der Waals surface area contributed by atoms with Gasteiger partial charge in [-0.15, -0.1) is 0 Å². The molecule has 64 heavy (non-hydrogen) atoms. The van der Waals surface area contributed by atoms with E-state index >= 15 is 0 Å². The predicted molar refractivity (Wildman–Crippen MR) is 224 cm³/mol. The number of rotatable bonds is 9. The molecular weight excluding hydrogens is 825 g/mol. The van der Waals surface area contributed by atoms with Crippen LogP contribution in [-0.4, -0.2) is 62.5 Å². The SMILES string of the molecule is CC(=O)[C@H](CCCCNC(=O)c1ccc2c(c1)C(=O)OC21c2ccc(O)cc2Oc2cc(O)ccc21)NC(=O)c1ccc2c(c1)C(=O)OC21c2ccc(O)cc2Oc2cc(O)ccc21. The van der Waals surface area contributed by atoms with E-state index in [2.05, 4.69) is 10.6 Å². The molecule has 10 rings (SSSR count). The lowest BCUT2D eigenvalue weighted by Gasteiger charge is -2.36. The van der Waals surface area contributed by atoms with Crippen LogP contribution in [0.2, 0.25) is 0 Å². The van der Waals surface area contributed by atoms with Gasteiger partial charge in [0.25, 0.3) is 11.8 Å². The summed E-state index contributed by atoms with van der Waals surface area (Å²) < 4.78 is 24.2. The number of carbonyl (C=O) groups excluding carboxylic acids is 5. The highest BCUT2D eigenvalue weighted by Gasteiger charge is 2.55. The molecule has 2 spiro atoms. The summed E-state index contributed by atoms with van der Waals surface area (Å²) in [4.78, 5) is 66.7. The third-order valence-electron chi connectivity index (χ3n) is 12.1. The summed E-state index contributed by atoms with van der Waals surface area (Å²) >= 11 is 0. The number of benzene rings is 6. The maximum Gasteiger partial charge on any atom is 0.340 e. The highest BCUT2D eigenvalue weighted by molar-refractivity contribution is 6.03. The Morgan fingerprint density at radius 2 is 0.922 bits per heavy atom. The minimum absolute atomic E-state index is 0.0718. The first kappa shape index (κ1) is 39.8. The van der Waals surface area contributed by atoms with Gasteiger partial charge in [0.15, 0.2) is 17.0 Å². The second-order valence-electron chi connectivity index (χ2n) is 16.0. The summed E-state index contributed by atoms with van der Waals surface area (Å²) in [5.74, 6) is -2.12. The van der Waals surface area contributed by atoms with Gasteiger partial charge in [0.1, 0.15) is 46.0 Å². The van der Waals surface area contributed by atoms with Gasteiger partial charge in [-0.2, -0.15) is 0 Å². The van der Waals surface area contributed by atoms with Crippen LogP contribution in [0, 0.1) is 0 Å². The fourth-order valence-electron chi connectivity index (χ4n) is 9.09. The summed E-state index contributed by atoms with van der Waals surface area (Å²) in [5, 5.41) is 46.4. The fourth-order valence-corrected chi connectivity index (χ4v) is 9.09. The molecule has 1 atom stereocenters. The number of phenols is 4. The number of phenolic OH excluding ortho intramolecular Hbond substituents is 4. The number of aromatic hydroxyl groups is 4. The number of ketones is 1. The van der Waals surface area contributed by atoms with Gasteiger partial charge < -0.3 is 50.0 Å². The van der Waals surface area contributed by atoms with Crippen LogP contribution >= 0.6 is 0 Å². The standard InChI is InChI=1S/C49H36N2O13/c1-24(52)39(51-45(58)26-6-12-34-32(19-26)47(60)64-49(34)37-15-9-29(55)22-42(37)62-43-23-30(56)10-16-38(43)49)4-2-3-17-50-44(57)25-5-11-33-31(18-25)46(59)63-48(33)35-13-7-27(53)20-40(35)61-41-21-28(54)8-14-36(41)48/h5-16,18-23,39,53-56H,2-4,17H2,1H3,(H,50,57)(H,51,58)/t39-/m0/s1. The van der Waals surface area contributed by atoms with Crippen LogP contribution in [0.25, 0.3) is 0 Å². The molecule has 0 fully saturated rings. The predicted octanol–water partition coefficient (Wildman–Crippen LogP) is 6.93. The Bertz CT molecular complexity index is 2950. The molecule has 0 aromatic heterocycles. The minimum atomic E-state index is -1.50. The van der Waals surface area contributed by atoms with Crippen LogP contribution in [0.4, 0.5) is 0 Å². The number of unbranched alkanes of at least 4 members (excludes halogenated alkanes) is 1. The van der Waals surface area contributed by atoms with Crippen molar-refractivity contribution in [2.75, 3.05) is 6.54 Å². The van der Waals surface area contributed by atoms with Crippen molar-refractivity contribution in [2.45, 2.75) is 43.4 Å². The van der Waals surface area contributed by atoms with E-state index in [1.807, 2.05) is 0 Å². The van der Waals surface area contributed by atoms with Crippen molar-refractivity contribution in [1.29, 1.82) is 0 Å². The van der Waals surface area contributed by atoms with Gasteiger partial charge in [-0.25, -0.2) is 9.59 Å². The third-order valence-corrected chi connectivity index (χ3v) is 12.1. The zero-order valence-corrected chi connectivity index (χ0v) is 33.8. The van der Waals surface area contributed by atoms with E-state index in [0.29, 0.717) is 46.2 Å². The summed E-state index contributed by atoms with van der Waals surface area (Å²) in [6, 6.07) is 26.0. The first-order valence-electron chi connectivity index (χ1n) is 20.3. The molecule has 0 saturated heterocycles. The number of amides is 2. The molecule has 0 radical (unpaired) electrons. The van der Waals surface area contributed by atoms with Crippen LogP contribution in [0.1, 0.15) is 101 Å². The Kier molecular flexibility index (Phi) is 9.11. The van der Waals surface area contributed by atoms with Crippen molar-refractivity contribution >= 4 is 29.5 Å². The maximum atomic E-state index is 13.6. The van der Waals surface area contributed by atoms with E-state index in [9.17, 15) is 44.4 Å². The van der Waals surface area contributed by atoms with E-state index in [-0.39, 0.29) is 87.0 Å². The van der Waals surface area contributed by atoms with Crippen LogP contribution in [0.3, 0.4) is 0 Å². The number of hydrogen-bond donors (Lipinski definition) is 6. The Morgan fingerprint density at radius 1 is 0.531 bits per heavy atom. The quantitative estimate of drug-likeness (QED) is 0.0641. The normalized spacial score (nSPS) is 15.5. The highest BCUT2D eigenvalue weighted by atomic mass is 16.6. The molecule has 6 N–H and O–H groups in total. The summed E-state index contributed by atoms with van der Waals surface area (Å²) in [5.41, 5.74) is 0.293. The lowest BCUT2D eigenvalue weighted by molar-refractivity contribution is -0.119. The van der Waals surface area contributed by atoms with Crippen LogP contribution in [0.15, 0.2) is 109 Å². The topological polar surface area (TPSA) is 227 Å². The van der Waals surface area contributed by atoms with Gasteiger partial charge in [-0.1, -0.05) is 12.1 Å². The molecule has 6 aromatic carbocycles. The van der Waals surface area contributed by atoms with Crippen molar-refractivity contribution in [1.82, 2.24) is 10.6 Å². The molecule has 0 bridgehead atoms. The molecule has 6 aromatic rings. The van der Waals surface area contributed by atoms with Gasteiger partial charge in [0.2, 0.25) is 0 Å². The van der Waals surface area contributed by atoms with Gasteiger partial charge in [0, 0.05) is 75.3 Å². The van der Waals surface area contributed by atoms with E-state index in [1.54, 1.807) is 42.5 Å². The monoisotopic (exact) mass is 860 g/mol. The smallest absolute Gasteiger partial charge is 0.340 e. The Balaban J connectivity index is 0.801. The number of Topliss-reactive ketones (excluding diaryl/α,β-unsaturated/α-hetero) is 1. The molecule has 0 unspecified atom stereocenters. The fraction of sp³-hybridized carbons (Fsp3) is 0.163. The summed E-state index contributed by atoms with van der Waals surface area (Å²) in [6.45, 7) is 1.58. The van der Waals surface area contributed by atoms with Crippen molar-refractivity contribution in [3.05, 3.63) is 165 Å². The van der Waals surface area contributed by atoms with Crippen molar-refractivity contribution in [3.8, 4) is 46.0 Å². The lowest BCUT2D eigenvalue weighted by atomic mass is 9.77. The second-order valence-corrected chi connectivity index (χ2v) is 16.0. The summed E-state index contributed by atoms with van der Waals surface area (Å²) in [6.07, 6.45) is 1.15. The number of fused-ring (bicyclic) bond motifs is 12. The second kappa shape index (κ2) is 14.7. The highest BCUT2D eigenvalue weighted by Crippen LogP contribution is 2.58. The molecule has 0 aliphatic carbocycles. The first-order valence-corrected chi connectivity index (χ1v) is 20.3. The molecule has 4 aliphatic rings. The molecule has 0 saturated carbocycles. The van der Waals surface area contributed by atoms with Gasteiger partial charge >= 0.3 is 11.9 Å². The zero-order chi connectivity index (χ0) is 44.7. The molecule has 320 valence electrons. The molecule has 4 aliphatic heterocycles. The van der Waals surface area contributed by atoms with Crippen LogP contribution in [0.5, 0.6) is 46.0 Å². The Hall–Kier alpha value is -8.33. The third kappa shape index (κ3) is 6.14. The van der Waals surface area contributed by atoms with Gasteiger partial charge in [-0.05, 0) is 99.0 Å². The van der Waals surface area contributed by atoms with Crippen LogP contribution in [-0.2, 0) is 25.5 Å². The molecule has 15 nitrogen and oxygen atoms in total. The minimum Gasteiger partial charge on any atom is -0.508 e. The Morgan fingerprint density at radius 3 is 1.33 bits per heavy atom. The number of nitrogens with one attached hydrogen (secondary N) is 2. The van der Waals surface area contributed by atoms with Crippen molar-refractivity contribution in [3.63, 3.8) is 0 Å². The average Bonchev–Trinajstić information content (AvgIpc) is 3.72. The van der Waals surface area contributed by atoms with Crippen molar-refractivity contribution < 1.29 is 63.3 Å². The number of ether oxygens (including phenoxy) is 4. The van der Waals surface area contributed by atoms with E-state index < -0.39 is 41.0 Å². The molecule has 2 amide bonds.